The minimum atomic E-state index is 0.0765. The molecule has 0 spiro atoms. The molecule has 0 radical (unpaired) electrons. The van der Waals surface area contributed by atoms with Gasteiger partial charge in [-0.1, -0.05) is 0 Å². The first kappa shape index (κ1) is 8.24. The average molecular weight is 155 g/mol. The van der Waals surface area contributed by atoms with Crippen molar-refractivity contribution in [3.05, 3.63) is 0 Å². The summed E-state index contributed by atoms with van der Waals surface area (Å²) in [5.41, 5.74) is 0. The third-order valence-corrected chi connectivity index (χ3v) is 2.10. The molecule has 0 aliphatic carbocycles. The quantitative estimate of drug-likeness (QED) is 0.515. The lowest BCUT2D eigenvalue weighted by molar-refractivity contribution is -0.131. The number of nitrogens with zero attached hydrogens (tertiary/aromatic N) is 1. The van der Waals surface area contributed by atoms with Gasteiger partial charge in [0.05, 0.1) is 0 Å². The van der Waals surface area contributed by atoms with Crippen LogP contribution in [0.25, 0.3) is 0 Å². The summed E-state index contributed by atoms with van der Waals surface area (Å²) in [5.74, 6) is 0.157. The highest BCUT2D eigenvalue weighted by atomic mass is 16.2. The van der Waals surface area contributed by atoms with Crippen molar-refractivity contribution in [2.45, 2.75) is 19.8 Å². The van der Waals surface area contributed by atoms with Crippen LogP contribution in [0.15, 0.2) is 0 Å². The number of hydrogen-bond donors (Lipinski definition) is 0. The molecule has 1 heterocycles. The number of amides is 1. The predicted octanol–water partition coefficient (Wildman–Crippen LogP) is 0.444. The molecular weight excluding hydrogens is 142 g/mol. The number of likely N-dealkylation sites (tertiary alicyclic amines) is 1. The van der Waals surface area contributed by atoms with Gasteiger partial charge in [0, 0.05) is 25.9 Å². The Labute approximate surface area is 66.4 Å². The lowest BCUT2D eigenvalue weighted by Gasteiger charge is -2.28. The molecule has 0 bridgehead atoms. The molecule has 11 heavy (non-hydrogen) atoms. The number of aldehydes is 1. The standard InChI is InChI=1S/C8H13NO2/c1-7(11)9-4-2-3-8(5-9)6-10/h6,8H,2-5H2,1H3. The van der Waals surface area contributed by atoms with Crippen LogP contribution in [0.3, 0.4) is 0 Å². The number of piperidine rings is 1. The van der Waals surface area contributed by atoms with E-state index in [1.807, 2.05) is 0 Å². The Morgan fingerprint density at radius 2 is 2.36 bits per heavy atom. The van der Waals surface area contributed by atoms with Gasteiger partial charge in [0.1, 0.15) is 6.29 Å². The van der Waals surface area contributed by atoms with Crippen molar-refractivity contribution in [2.75, 3.05) is 13.1 Å². The number of hydrogen-bond acceptors (Lipinski definition) is 2. The zero-order valence-corrected chi connectivity index (χ0v) is 6.75. The molecule has 1 aliphatic heterocycles. The summed E-state index contributed by atoms with van der Waals surface area (Å²) < 4.78 is 0. The molecule has 1 amide bonds. The van der Waals surface area contributed by atoms with Crippen LogP contribution in [0.4, 0.5) is 0 Å². The Balaban J connectivity index is 2.45. The van der Waals surface area contributed by atoms with Gasteiger partial charge in [-0.3, -0.25) is 4.79 Å². The molecule has 0 N–H and O–H groups in total. The molecule has 0 aromatic rings. The molecule has 0 saturated carbocycles. The fraction of sp³-hybridized carbons (Fsp3) is 0.750. The van der Waals surface area contributed by atoms with Crippen LogP contribution in [-0.2, 0) is 9.59 Å². The third kappa shape index (κ3) is 2.03. The zero-order chi connectivity index (χ0) is 8.27. The summed E-state index contributed by atoms with van der Waals surface area (Å²) in [5, 5.41) is 0. The summed E-state index contributed by atoms with van der Waals surface area (Å²) in [6, 6.07) is 0. The van der Waals surface area contributed by atoms with Gasteiger partial charge in [0.2, 0.25) is 5.91 Å². The van der Waals surface area contributed by atoms with E-state index >= 15 is 0 Å². The van der Waals surface area contributed by atoms with E-state index in [-0.39, 0.29) is 11.8 Å². The van der Waals surface area contributed by atoms with Gasteiger partial charge in [0.15, 0.2) is 0 Å². The molecule has 3 heteroatoms. The molecule has 1 rings (SSSR count). The molecule has 1 aliphatic rings. The fourth-order valence-corrected chi connectivity index (χ4v) is 1.41. The number of carbonyl (C=O) groups excluding carboxylic acids is 2. The Bertz CT molecular complexity index is 167. The molecule has 1 fully saturated rings. The topological polar surface area (TPSA) is 37.4 Å². The van der Waals surface area contributed by atoms with E-state index in [4.69, 9.17) is 0 Å². The van der Waals surface area contributed by atoms with Gasteiger partial charge < -0.3 is 9.69 Å². The third-order valence-electron chi connectivity index (χ3n) is 2.10. The van der Waals surface area contributed by atoms with Crippen molar-refractivity contribution >= 4 is 12.2 Å². The van der Waals surface area contributed by atoms with E-state index < -0.39 is 0 Å². The van der Waals surface area contributed by atoms with Crippen molar-refractivity contribution < 1.29 is 9.59 Å². The minimum absolute atomic E-state index is 0.0765. The molecule has 0 aromatic heterocycles. The van der Waals surface area contributed by atoms with Crippen molar-refractivity contribution in [3.8, 4) is 0 Å². The Morgan fingerprint density at radius 1 is 1.64 bits per heavy atom. The Morgan fingerprint density at radius 3 is 2.91 bits per heavy atom. The first-order valence-electron chi connectivity index (χ1n) is 3.95. The van der Waals surface area contributed by atoms with Crippen LogP contribution < -0.4 is 0 Å². The first-order valence-corrected chi connectivity index (χ1v) is 3.95. The van der Waals surface area contributed by atoms with E-state index in [0.717, 1.165) is 25.7 Å². The summed E-state index contributed by atoms with van der Waals surface area (Å²) >= 11 is 0. The lowest BCUT2D eigenvalue weighted by atomic mass is 10.00. The predicted molar refractivity (Wildman–Crippen MR) is 41.0 cm³/mol. The Kier molecular flexibility index (Phi) is 2.63. The molecule has 1 atom stereocenters. The van der Waals surface area contributed by atoms with Crippen molar-refractivity contribution in [1.82, 2.24) is 4.90 Å². The van der Waals surface area contributed by atoms with Crippen LogP contribution >= 0.6 is 0 Å². The van der Waals surface area contributed by atoms with Gasteiger partial charge in [-0.05, 0) is 12.8 Å². The zero-order valence-electron chi connectivity index (χ0n) is 6.75. The van der Waals surface area contributed by atoms with Crippen LogP contribution in [-0.4, -0.2) is 30.2 Å². The van der Waals surface area contributed by atoms with E-state index in [0.29, 0.717) is 6.54 Å². The minimum Gasteiger partial charge on any atom is -0.342 e. The SMILES string of the molecule is CC(=O)N1CCCC(C=O)C1. The molecule has 0 aromatic carbocycles. The summed E-state index contributed by atoms with van der Waals surface area (Å²) in [4.78, 5) is 23.0. The molecular formula is C8H13NO2. The van der Waals surface area contributed by atoms with Crippen molar-refractivity contribution in [3.63, 3.8) is 0 Å². The first-order chi connectivity index (χ1) is 5.24. The number of carbonyl (C=O) groups is 2. The smallest absolute Gasteiger partial charge is 0.219 e. The van der Waals surface area contributed by atoms with Crippen LogP contribution in [0.2, 0.25) is 0 Å². The van der Waals surface area contributed by atoms with Gasteiger partial charge in [-0.15, -0.1) is 0 Å². The van der Waals surface area contributed by atoms with Crippen LogP contribution in [0.5, 0.6) is 0 Å². The highest BCUT2D eigenvalue weighted by molar-refractivity contribution is 5.73. The van der Waals surface area contributed by atoms with E-state index in [2.05, 4.69) is 0 Å². The monoisotopic (exact) mass is 155 g/mol. The highest BCUT2D eigenvalue weighted by Gasteiger charge is 2.20. The van der Waals surface area contributed by atoms with Gasteiger partial charge in [0.25, 0.3) is 0 Å². The Hall–Kier alpha value is -0.860. The second-order valence-corrected chi connectivity index (χ2v) is 3.00. The van der Waals surface area contributed by atoms with E-state index in [1.165, 1.54) is 0 Å². The highest BCUT2D eigenvalue weighted by Crippen LogP contribution is 2.13. The number of rotatable bonds is 1. The van der Waals surface area contributed by atoms with Crippen molar-refractivity contribution in [2.24, 2.45) is 5.92 Å². The lowest BCUT2D eigenvalue weighted by Crippen LogP contribution is -2.38. The largest absolute Gasteiger partial charge is 0.342 e. The average Bonchev–Trinajstić information content (AvgIpc) is 2.05. The maximum Gasteiger partial charge on any atom is 0.219 e. The van der Waals surface area contributed by atoms with Gasteiger partial charge in [-0.25, -0.2) is 0 Å². The van der Waals surface area contributed by atoms with Crippen molar-refractivity contribution in [1.29, 1.82) is 0 Å². The van der Waals surface area contributed by atoms with Crippen LogP contribution in [0, 0.1) is 5.92 Å². The summed E-state index contributed by atoms with van der Waals surface area (Å²) in [6.45, 7) is 2.99. The molecule has 1 saturated heterocycles. The normalized spacial score (nSPS) is 24.8. The molecule has 3 nitrogen and oxygen atoms in total. The maximum absolute atomic E-state index is 10.9. The second kappa shape index (κ2) is 3.51. The summed E-state index contributed by atoms with van der Waals surface area (Å²) in [6.07, 6.45) is 2.85. The van der Waals surface area contributed by atoms with E-state index in [1.54, 1.807) is 11.8 Å². The van der Waals surface area contributed by atoms with Gasteiger partial charge >= 0.3 is 0 Å². The molecule has 62 valence electrons. The van der Waals surface area contributed by atoms with E-state index in [9.17, 15) is 9.59 Å². The van der Waals surface area contributed by atoms with Crippen LogP contribution in [0.1, 0.15) is 19.8 Å². The maximum atomic E-state index is 10.9. The summed E-state index contributed by atoms with van der Waals surface area (Å²) in [7, 11) is 0. The molecule has 1 unspecified atom stereocenters. The second-order valence-electron chi connectivity index (χ2n) is 3.00. The fourth-order valence-electron chi connectivity index (χ4n) is 1.41. The van der Waals surface area contributed by atoms with Gasteiger partial charge in [-0.2, -0.15) is 0 Å².